The van der Waals surface area contributed by atoms with Gasteiger partial charge in [0.15, 0.2) is 0 Å². The van der Waals surface area contributed by atoms with E-state index >= 15 is 0 Å². The fourth-order valence-corrected chi connectivity index (χ4v) is 3.94. The van der Waals surface area contributed by atoms with Crippen LogP contribution in [0.15, 0.2) is 18.5 Å². The van der Waals surface area contributed by atoms with Crippen LogP contribution in [0.25, 0.3) is 28.5 Å². The summed E-state index contributed by atoms with van der Waals surface area (Å²) in [5, 5.41) is 13.5. The average molecular weight is 438 g/mol. The number of alkyl halides is 2. The zero-order valence-corrected chi connectivity index (χ0v) is 18.6. The summed E-state index contributed by atoms with van der Waals surface area (Å²) in [7, 11) is 3.73. The zero-order valence-electron chi connectivity index (χ0n) is 18.6. The van der Waals surface area contributed by atoms with E-state index in [0.717, 1.165) is 46.6 Å². The van der Waals surface area contributed by atoms with Crippen molar-refractivity contribution in [1.82, 2.24) is 39.3 Å². The third kappa shape index (κ3) is 3.21. The van der Waals surface area contributed by atoms with Gasteiger partial charge in [0, 0.05) is 53.8 Å². The van der Waals surface area contributed by atoms with Gasteiger partial charge in [-0.05, 0) is 39.7 Å². The lowest BCUT2D eigenvalue weighted by Gasteiger charge is -2.10. The molecule has 0 radical (unpaired) electrons. The van der Waals surface area contributed by atoms with Crippen LogP contribution in [0.2, 0.25) is 0 Å². The molecular formula is C22H24F2N8. The molecule has 1 saturated carbocycles. The topological polar surface area (TPSA) is 79.2 Å². The standard InChI is InChI=1S/C22H24F2N8/c1-11-19(15-9-25-30(4)12(15)2)29-32(20(11)16-10-26-31(5)13(16)3)22-27-17(14-6-7-14)8-18(28-22)21(23)24/h8-10,14,21H,6-7H2,1-5H3. The third-order valence-electron chi connectivity index (χ3n) is 6.27. The predicted octanol–water partition coefficient (Wildman–Crippen LogP) is 4.20. The van der Waals surface area contributed by atoms with Gasteiger partial charge in [0.1, 0.15) is 5.69 Å². The molecule has 1 aliphatic rings. The van der Waals surface area contributed by atoms with Crippen LogP contribution in [0.5, 0.6) is 0 Å². The molecule has 0 aromatic carbocycles. The average Bonchev–Trinajstić information content (AvgIpc) is 3.42. The molecule has 0 bridgehead atoms. The number of hydrogen-bond donors (Lipinski definition) is 0. The molecule has 1 fully saturated rings. The maximum atomic E-state index is 13.7. The highest BCUT2D eigenvalue weighted by molar-refractivity contribution is 5.76. The number of halogens is 2. The number of aromatic nitrogens is 8. The summed E-state index contributed by atoms with van der Waals surface area (Å²) in [6.07, 6.45) is 2.74. The summed E-state index contributed by atoms with van der Waals surface area (Å²) in [5.41, 5.74) is 6.31. The van der Waals surface area contributed by atoms with Crippen LogP contribution in [0, 0.1) is 20.8 Å². The molecule has 10 heteroatoms. The minimum absolute atomic E-state index is 0.152. The molecule has 0 aliphatic heterocycles. The lowest BCUT2D eigenvalue weighted by Crippen LogP contribution is -2.10. The molecule has 0 atom stereocenters. The van der Waals surface area contributed by atoms with Crippen molar-refractivity contribution in [3.8, 4) is 28.5 Å². The van der Waals surface area contributed by atoms with E-state index in [9.17, 15) is 8.78 Å². The zero-order chi connectivity index (χ0) is 22.7. The van der Waals surface area contributed by atoms with Gasteiger partial charge in [-0.25, -0.2) is 18.7 Å². The number of aryl methyl sites for hydroxylation is 2. The van der Waals surface area contributed by atoms with Crippen molar-refractivity contribution in [3.05, 3.63) is 46.8 Å². The van der Waals surface area contributed by atoms with Gasteiger partial charge in [0.2, 0.25) is 0 Å². The summed E-state index contributed by atoms with van der Waals surface area (Å²) in [6, 6.07) is 1.42. The van der Waals surface area contributed by atoms with Crippen LogP contribution in [0.3, 0.4) is 0 Å². The second-order valence-electron chi connectivity index (χ2n) is 8.36. The first-order valence-electron chi connectivity index (χ1n) is 10.5. The van der Waals surface area contributed by atoms with Crippen molar-refractivity contribution in [2.75, 3.05) is 0 Å². The highest BCUT2D eigenvalue weighted by Crippen LogP contribution is 2.41. The van der Waals surface area contributed by atoms with Crippen molar-refractivity contribution >= 4 is 0 Å². The van der Waals surface area contributed by atoms with Crippen molar-refractivity contribution in [2.45, 2.75) is 46.0 Å². The molecule has 4 heterocycles. The van der Waals surface area contributed by atoms with Crippen LogP contribution < -0.4 is 0 Å². The molecule has 32 heavy (non-hydrogen) atoms. The lowest BCUT2D eigenvalue weighted by molar-refractivity contribution is 0.145. The Morgan fingerprint density at radius 3 is 2.09 bits per heavy atom. The Morgan fingerprint density at radius 2 is 1.56 bits per heavy atom. The summed E-state index contributed by atoms with van der Waals surface area (Å²) in [5.74, 6) is 0.355. The summed E-state index contributed by atoms with van der Waals surface area (Å²) in [4.78, 5) is 8.86. The van der Waals surface area contributed by atoms with E-state index in [1.165, 1.54) is 6.07 Å². The van der Waals surface area contributed by atoms with E-state index < -0.39 is 6.43 Å². The van der Waals surface area contributed by atoms with Crippen LogP contribution in [0.4, 0.5) is 8.78 Å². The predicted molar refractivity (Wildman–Crippen MR) is 115 cm³/mol. The monoisotopic (exact) mass is 438 g/mol. The highest BCUT2D eigenvalue weighted by Gasteiger charge is 2.30. The van der Waals surface area contributed by atoms with E-state index in [1.54, 1.807) is 26.4 Å². The van der Waals surface area contributed by atoms with Crippen molar-refractivity contribution < 1.29 is 8.78 Å². The Morgan fingerprint density at radius 1 is 0.938 bits per heavy atom. The van der Waals surface area contributed by atoms with Gasteiger partial charge in [-0.1, -0.05) is 0 Å². The summed E-state index contributed by atoms with van der Waals surface area (Å²) in [6.45, 7) is 5.89. The van der Waals surface area contributed by atoms with Crippen molar-refractivity contribution in [3.63, 3.8) is 0 Å². The maximum absolute atomic E-state index is 13.7. The molecule has 166 valence electrons. The van der Waals surface area contributed by atoms with E-state index in [-0.39, 0.29) is 17.6 Å². The fraction of sp³-hybridized carbons (Fsp3) is 0.409. The molecule has 0 N–H and O–H groups in total. The molecule has 5 rings (SSSR count). The van der Waals surface area contributed by atoms with Gasteiger partial charge in [-0.2, -0.15) is 20.0 Å². The normalized spacial score (nSPS) is 14.0. The van der Waals surface area contributed by atoms with Gasteiger partial charge in [0.25, 0.3) is 12.4 Å². The van der Waals surface area contributed by atoms with Gasteiger partial charge >= 0.3 is 0 Å². The molecule has 0 spiro atoms. The molecule has 0 amide bonds. The third-order valence-corrected chi connectivity index (χ3v) is 6.27. The summed E-state index contributed by atoms with van der Waals surface area (Å²) < 4.78 is 32.5. The first-order valence-corrected chi connectivity index (χ1v) is 10.5. The Labute approximate surface area is 183 Å². The van der Waals surface area contributed by atoms with Gasteiger partial charge in [-0.15, -0.1) is 0 Å². The maximum Gasteiger partial charge on any atom is 0.280 e. The van der Waals surface area contributed by atoms with Crippen molar-refractivity contribution in [1.29, 1.82) is 0 Å². The van der Waals surface area contributed by atoms with Crippen molar-refractivity contribution in [2.24, 2.45) is 14.1 Å². The Kier molecular flexibility index (Phi) is 4.68. The molecule has 4 aromatic rings. The Hall–Kier alpha value is -3.43. The van der Waals surface area contributed by atoms with E-state index in [4.69, 9.17) is 5.10 Å². The number of rotatable bonds is 5. The van der Waals surface area contributed by atoms with E-state index in [2.05, 4.69) is 20.2 Å². The minimum atomic E-state index is -2.69. The molecule has 1 aliphatic carbocycles. The molecule has 0 unspecified atom stereocenters. The lowest BCUT2D eigenvalue weighted by atomic mass is 10.0. The first kappa shape index (κ1) is 20.5. The SMILES string of the molecule is Cc1c(-c2cnn(C)c2C)nn(-c2nc(C(F)F)cc(C3CC3)n2)c1-c1cnn(C)c1C. The molecular weight excluding hydrogens is 414 g/mol. The molecule has 4 aromatic heterocycles. The fourth-order valence-electron chi connectivity index (χ4n) is 3.94. The van der Waals surface area contributed by atoms with Crippen LogP contribution in [0.1, 0.15) is 53.5 Å². The highest BCUT2D eigenvalue weighted by atomic mass is 19.3. The Bertz CT molecular complexity index is 1310. The number of hydrogen-bond acceptors (Lipinski definition) is 5. The summed E-state index contributed by atoms with van der Waals surface area (Å²) >= 11 is 0. The molecule has 0 saturated heterocycles. The number of nitrogens with zero attached hydrogens (tertiary/aromatic N) is 8. The Balaban J connectivity index is 1.79. The van der Waals surface area contributed by atoms with Gasteiger partial charge in [0.05, 0.1) is 23.8 Å². The quantitative estimate of drug-likeness (QED) is 0.467. The smallest absolute Gasteiger partial charge is 0.272 e. The largest absolute Gasteiger partial charge is 0.280 e. The molecule has 8 nitrogen and oxygen atoms in total. The van der Waals surface area contributed by atoms with E-state index in [0.29, 0.717) is 11.4 Å². The van der Waals surface area contributed by atoms with Crippen LogP contribution in [-0.4, -0.2) is 39.3 Å². The second kappa shape index (κ2) is 7.32. The van der Waals surface area contributed by atoms with E-state index in [1.807, 2.05) is 34.9 Å². The van der Waals surface area contributed by atoms with Gasteiger partial charge < -0.3 is 0 Å². The minimum Gasteiger partial charge on any atom is -0.272 e. The van der Waals surface area contributed by atoms with Crippen LogP contribution in [-0.2, 0) is 14.1 Å². The first-order chi connectivity index (χ1) is 15.3. The second-order valence-corrected chi connectivity index (χ2v) is 8.36. The van der Waals surface area contributed by atoms with Gasteiger partial charge in [-0.3, -0.25) is 9.36 Å². The van der Waals surface area contributed by atoms with Crippen LogP contribution >= 0.6 is 0 Å².